The summed E-state index contributed by atoms with van der Waals surface area (Å²) in [6.45, 7) is 2.50. The van der Waals surface area contributed by atoms with Gasteiger partial charge in [-0.2, -0.15) is 0 Å². The molecule has 2 bridgehead atoms. The Balaban J connectivity index is 1.41. The van der Waals surface area contributed by atoms with E-state index in [-0.39, 0.29) is 24.2 Å². The van der Waals surface area contributed by atoms with Crippen LogP contribution in [0.15, 0.2) is 48.8 Å². The second-order valence-electron chi connectivity index (χ2n) is 7.05. The number of ether oxygens (including phenoxy) is 2. The van der Waals surface area contributed by atoms with Crippen LogP contribution >= 0.6 is 0 Å². The van der Waals surface area contributed by atoms with Gasteiger partial charge in [-0.1, -0.05) is 12.1 Å². The van der Waals surface area contributed by atoms with Gasteiger partial charge in [-0.05, 0) is 44.0 Å². The lowest BCUT2D eigenvalue weighted by molar-refractivity contribution is 0.0730. The number of piperidine rings is 1. The number of benzene rings is 1. The molecule has 4 rings (SSSR count). The van der Waals surface area contributed by atoms with E-state index in [1.807, 2.05) is 48.2 Å². The van der Waals surface area contributed by atoms with Gasteiger partial charge in [-0.15, -0.1) is 0 Å². The number of fused-ring (bicyclic) bond motifs is 2. The van der Waals surface area contributed by atoms with Crippen LogP contribution in [-0.4, -0.2) is 40.7 Å². The Morgan fingerprint density at radius 3 is 2.67 bits per heavy atom. The smallest absolute Gasteiger partial charge is 0.322 e. The summed E-state index contributed by atoms with van der Waals surface area (Å²) >= 11 is 0. The Bertz CT molecular complexity index is 769. The maximum absolute atomic E-state index is 13.0. The first kappa shape index (κ1) is 17.6. The number of pyridine rings is 1. The molecule has 2 aliphatic rings. The Morgan fingerprint density at radius 2 is 1.96 bits per heavy atom. The molecular formula is C21H25N3O3. The minimum Gasteiger partial charge on any atom is -0.492 e. The highest BCUT2D eigenvalue weighted by molar-refractivity contribution is 5.91. The topological polar surface area (TPSA) is 63.7 Å². The first-order valence-corrected chi connectivity index (χ1v) is 9.62. The van der Waals surface area contributed by atoms with Crippen LogP contribution in [0, 0.1) is 0 Å². The predicted octanol–water partition coefficient (Wildman–Crippen LogP) is 4.09. The van der Waals surface area contributed by atoms with Crippen molar-refractivity contribution < 1.29 is 14.3 Å². The van der Waals surface area contributed by atoms with Gasteiger partial charge in [0.05, 0.1) is 18.5 Å². The Labute approximate surface area is 159 Å². The molecule has 0 spiro atoms. The summed E-state index contributed by atoms with van der Waals surface area (Å²) in [6, 6.07) is 11.8. The lowest BCUT2D eigenvalue weighted by Gasteiger charge is -2.38. The second-order valence-corrected chi connectivity index (χ2v) is 7.05. The van der Waals surface area contributed by atoms with Crippen LogP contribution in [0.25, 0.3) is 0 Å². The first-order chi connectivity index (χ1) is 13.2. The number of carbonyl (C=O) groups is 1. The molecule has 2 aliphatic heterocycles. The minimum absolute atomic E-state index is 0.0468. The fraction of sp³-hybridized carbons (Fsp3) is 0.429. The molecule has 2 aromatic rings. The molecule has 142 valence electrons. The van der Waals surface area contributed by atoms with Crippen molar-refractivity contribution in [3.8, 4) is 11.5 Å². The normalized spacial score (nSPS) is 23.7. The summed E-state index contributed by atoms with van der Waals surface area (Å²) in [6.07, 6.45) is 7.37. The standard InChI is InChI=1S/C21H25N3O3/c1-2-26-20-8-4-3-7-19(20)23-21(25)24-15-9-10-16(24)13-18(12-15)27-17-6-5-11-22-14-17/h3-8,11,14-16,18H,2,9-10,12-13H2,1H3,(H,23,25). The van der Waals surface area contributed by atoms with Crippen LogP contribution in [0.4, 0.5) is 10.5 Å². The zero-order valence-corrected chi connectivity index (χ0v) is 15.5. The van der Waals surface area contributed by atoms with Crippen LogP contribution in [-0.2, 0) is 0 Å². The molecule has 0 aliphatic carbocycles. The quantitative estimate of drug-likeness (QED) is 0.865. The fourth-order valence-corrected chi connectivity index (χ4v) is 4.20. The zero-order chi connectivity index (χ0) is 18.6. The highest BCUT2D eigenvalue weighted by Gasteiger charge is 2.44. The van der Waals surface area contributed by atoms with E-state index in [1.165, 1.54) is 0 Å². The van der Waals surface area contributed by atoms with Crippen LogP contribution in [0.2, 0.25) is 0 Å². The van der Waals surface area contributed by atoms with E-state index in [0.29, 0.717) is 12.4 Å². The van der Waals surface area contributed by atoms with Crippen molar-refractivity contribution in [2.24, 2.45) is 0 Å². The summed E-state index contributed by atoms with van der Waals surface area (Å²) < 4.78 is 11.7. The highest BCUT2D eigenvalue weighted by atomic mass is 16.5. The molecule has 1 aromatic carbocycles. The van der Waals surface area contributed by atoms with E-state index >= 15 is 0 Å². The van der Waals surface area contributed by atoms with Crippen molar-refractivity contribution in [1.29, 1.82) is 0 Å². The van der Waals surface area contributed by atoms with Gasteiger partial charge in [0.25, 0.3) is 0 Å². The lowest BCUT2D eigenvalue weighted by atomic mass is 10.00. The van der Waals surface area contributed by atoms with Gasteiger partial charge in [-0.3, -0.25) is 4.98 Å². The van der Waals surface area contributed by atoms with Gasteiger partial charge in [0.1, 0.15) is 17.6 Å². The summed E-state index contributed by atoms with van der Waals surface area (Å²) in [5.74, 6) is 1.50. The summed E-state index contributed by atoms with van der Waals surface area (Å²) in [5, 5.41) is 3.04. The van der Waals surface area contributed by atoms with Gasteiger partial charge in [0.2, 0.25) is 0 Å². The van der Waals surface area contributed by atoms with Gasteiger partial charge in [-0.25, -0.2) is 4.79 Å². The van der Waals surface area contributed by atoms with E-state index in [4.69, 9.17) is 9.47 Å². The third-order valence-electron chi connectivity index (χ3n) is 5.29. The SMILES string of the molecule is CCOc1ccccc1NC(=O)N1C2CCC1CC(Oc1cccnc1)C2. The van der Waals surface area contributed by atoms with E-state index in [0.717, 1.165) is 37.1 Å². The minimum atomic E-state index is -0.0468. The summed E-state index contributed by atoms with van der Waals surface area (Å²) in [7, 11) is 0. The average Bonchev–Trinajstić information content (AvgIpc) is 2.95. The molecule has 2 saturated heterocycles. The Morgan fingerprint density at radius 1 is 1.19 bits per heavy atom. The third-order valence-corrected chi connectivity index (χ3v) is 5.29. The van der Waals surface area contributed by atoms with Crippen molar-refractivity contribution in [2.45, 2.75) is 50.8 Å². The van der Waals surface area contributed by atoms with Crippen LogP contribution in [0.5, 0.6) is 11.5 Å². The molecule has 1 N–H and O–H groups in total. The average molecular weight is 367 g/mol. The molecule has 2 fully saturated rings. The van der Waals surface area contributed by atoms with Crippen molar-refractivity contribution in [3.05, 3.63) is 48.8 Å². The molecule has 0 radical (unpaired) electrons. The number of urea groups is 1. The summed E-state index contributed by atoms with van der Waals surface area (Å²) in [5.41, 5.74) is 0.720. The number of hydrogen-bond acceptors (Lipinski definition) is 4. The second kappa shape index (κ2) is 7.86. The first-order valence-electron chi connectivity index (χ1n) is 9.62. The number of anilines is 1. The van der Waals surface area contributed by atoms with Crippen molar-refractivity contribution in [2.75, 3.05) is 11.9 Å². The predicted molar refractivity (Wildman–Crippen MR) is 103 cm³/mol. The number of rotatable bonds is 5. The van der Waals surface area contributed by atoms with E-state index < -0.39 is 0 Å². The lowest BCUT2D eigenvalue weighted by Crippen LogP contribution is -2.50. The number of para-hydroxylation sites is 2. The Hall–Kier alpha value is -2.76. The molecular weight excluding hydrogens is 342 g/mol. The molecule has 3 heterocycles. The maximum atomic E-state index is 13.0. The maximum Gasteiger partial charge on any atom is 0.322 e. The van der Waals surface area contributed by atoms with Crippen LogP contribution in [0.3, 0.4) is 0 Å². The van der Waals surface area contributed by atoms with E-state index in [2.05, 4.69) is 10.3 Å². The number of amides is 2. The molecule has 6 heteroatoms. The molecule has 0 saturated carbocycles. The zero-order valence-electron chi connectivity index (χ0n) is 15.5. The number of aromatic nitrogens is 1. The highest BCUT2D eigenvalue weighted by Crippen LogP contribution is 2.38. The molecule has 6 nitrogen and oxygen atoms in total. The van der Waals surface area contributed by atoms with Crippen molar-refractivity contribution in [1.82, 2.24) is 9.88 Å². The van der Waals surface area contributed by atoms with Gasteiger partial charge >= 0.3 is 6.03 Å². The van der Waals surface area contributed by atoms with Gasteiger partial charge in [0, 0.05) is 31.1 Å². The molecule has 1 aromatic heterocycles. The van der Waals surface area contributed by atoms with Crippen molar-refractivity contribution >= 4 is 11.7 Å². The summed E-state index contributed by atoms with van der Waals surface area (Å²) in [4.78, 5) is 19.1. The fourth-order valence-electron chi connectivity index (χ4n) is 4.20. The van der Waals surface area contributed by atoms with Crippen molar-refractivity contribution in [3.63, 3.8) is 0 Å². The number of nitrogens with one attached hydrogen (secondary N) is 1. The van der Waals surface area contributed by atoms with Crippen LogP contribution < -0.4 is 14.8 Å². The van der Waals surface area contributed by atoms with Crippen LogP contribution in [0.1, 0.15) is 32.6 Å². The number of hydrogen-bond donors (Lipinski definition) is 1. The third kappa shape index (κ3) is 3.84. The molecule has 2 unspecified atom stereocenters. The number of nitrogens with zero attached hydrogens (tertiary/aromatic N) is 2. The van der Waals surface area contributed by atoms with E-state index in [9.17, 15) is 4.79 Å². The van der Waals surface area contributed by atoms with Gasteiger partial charge < -0.3 is 19.7 Å². The molecule has 27 heavy (non-hydrogen) atoms. The van der Waals surface area contributed by atoms with E-state index in [1.54, 1.807) is 12.4 Å². The largest absolute Gasteiger partial charge is 0.492 e. The monoisotopic (exact) mass is 367 g/mol. The molecule has 2 amide bonds. The molecule has 2 atom stereocenters. The van der Waals surface area contributed by atoms with Gasteiger partial charge in [0.15, 0.2) is 0 Å². The number of carbonyl (C=O) groups excluding carboxylic acids is 1. The Kier molecular flexibility index (Phi) is 5.14.